The Labute approximate surface area is 163 Å². The highest BCUT2D eigenvalue weighted by molar-refractivity contribution is 7.89. The third-order valence-corrected chi connectivity index (χ3v) is 6.93. The smallest absolute Gasteiger partial charge is 0.256 e. The fraction of sp³-hybridized carbons (Fsp3) is 0.316. The van der Waals surface area contributed by atoms with E-state index in [-0.39, 0.29) is 30.1 Å². The van der Waals surface area contributed by atoms with Crippen molar-refractivity contribution in [3.63, 3.8) is 0 Å². The van der Waals surface area contributed by atoms with E-state index in [0.717, 1.165) is 5.56 Å². The number of aryl methyl sites for hydroxylation is 1. The second-order valence-corrected chi connectivity index (χ2v) is 8.79. The lowest BCUT2D eigenvalue weighted by Crippen LogP contribution is -2.37. The van der Waals surface area contributed by atoms with Crippen LogP contribution in [-0.4, -0.2) is 49.7 Å². The molecule has 8 heteroatoms. The Morgan fingerprint density at radius 2 is 1.81 bits per heavy atom. The molecule has 0 bridgehead atoms. The SMILES string of the molecule is Cc1ccc(S(=O)(=O)N2CCCN(C(=O)c3ccccc3F)CC2)cc1Cl. The molecule has 5 nitrogen and oxygen atoms in total. The van der Waals surface area contributed by atoms with Crippen LogP contribution < -0.4 is 0 Å². The molecule has 1 amide bonds. The predicted octanol–water partition coefficient (Wildman–Crippen LogP) is 3.32. The number of hydrogen-bond acceptors (Lipinski definition) is 3. The molecule has 0 aliphatic carbocycles. The summed E-state index contributed by atoms with van der Waals surface area (Å²) >= 11 is 6.07. The van der Waals surface area contributed by atoms with Crippen LogP contribution in [0.1, 0.15) is 22.3 Å². The lowest BCUT2D eigenvalue weighted by Gasteiger charge is -2.22. The summed E-state index contributed by atoms with van der Waals surface area (Å²) in [7, 11) is -3.71. The van der Waals surface area contributed by atoms with Crippen LogP contribution in [0.5, 0.6) is 0 Å². The molecule has 0 N–H and O–H groups in total. The maximum absolute atomic E-state index is 13.9. The summed E-state index contributed by atoms with van der Waals surface area (Å²) < 4.78 is 41.1. The van der Waals surface area contributed by atoms with Gasteiger partial charge in [-0.15, -0.1) is 0 Å². The van der Waals surface area contributed by atoms with Gasteiger partial charge in [-0.2, -0.15) is 4.31 Å². The van der Waals surface area contributed by atoms with Crippen LogP contribution in [0.25, 0.3) is 0 Å². The van der Waals surface area contributed by atoms with Gasteiger partial charge in [0.25, 0.3) is 5.91 Å². The van der Waals surface area contributed by atoms with Gasteiger partial charge in [0.1, 0.15) is 5.82 Å². The van der Waals surface area contributed by atoms with Gasteiger partial charge in [-0.3, -0.25) is 4.79 Å². The van der Waals surface area contributed by atoms with Crippen molar-refractivity contribution < 1.29 is 17.6 Å². The minimum atomic E-state index is -3.71. The fourth-order valence-corrected chi connectivity index (χ4v) is 4.77. The van der Waals surface area contributed by atoms with Gasteiger partial charge >= 0.3 is 0 Å². The Bertz CT molecular complexity index is 965. The Balaban J connectivity index is 1.77. The van der Waals surface area contributed by atoms with Crippen molar-refractivity contribution in [3.8, 4) is 0 Å². The second kappa shape index (κ2) is 7.96. The number of carbonyl (C=O) groups is 1. The van der Waals surface area contributed by atoms with Crippen molar-refractivity contribution in [2.45, 2.75) is 18.2 Å². The number of halogens is 2. The molecule has 1 aliphatic rings. The van der Waals surface area contributed by atoms with Gasteiger partial charge in [-0.25, -0.2) is 12.8 Å². The molecule has 1 fully saturated rings. The van der Waals surface area contributed by atoms with E-state index >= 15 is 0 Å². The van der Waals surface area contributed by atoms with Crippen LogP contribution >= 0.6 is 11.6 Å². The molecule has 27 heavy (non-hydrogen) atoms. The minimum Gasteiger partial charge on any atom is -0.337 e. The summed E-state index contributed by atoms with van der Waals surface area (Å²) in [6, 6.07) is 10.4. The third-order valence-electron chi connectivity index (χ3n) is 4.63. The van der Waals surface area contributed by atoms with Crippen molar-refractivity contribution in [1.82, 2.24) is 9.21 Å². The van der Waals surface area contributed by atoms with Crippen molar-refractivity contribution >= 4 is 27.5 Å². The summed E-state index contributed by atoms with van der Waals surface area (Å²) in [5.74, 6) is -1.00. The number of nitrogens with zero attached hydrogens (tertiary/aromatic N) is 2. The van der Waals surface area contributed by atoms with E-state index in [0.29, 0.717) is 18.0 Å². The molecule has 1 heterocycles. The highest BCUT2D eigenvalue weighted by Crippen LogP contribution is 2.24. The first-order valence-electron chi connectivity index (χ1n) is 8.61. The molecule has 0 saturated carbocycles. The zero-order valence-corrected chi connectivity index (χ0v) is 16.4. The molecule has 3 rings (SSSR count). The topological polar surface area (TPSA) is 57.7 Å². The predicted molar refractivity (Wildman–Crippen MR) is 102 cm³/mol. The Kier molecular flexibility index (Phi) is 5.83. The van der Waals surface area contributed by atoms with Crippen molar-refractivity contribution in [1.29, 1.82) is 0 Å². The lowest BCUT2D eigenvalue weighted by molar-refractivity contribution is 0.0759. The molecule has 1 aliphatic heterocycles. The largest absolute Gasteiger partial charge is 0.337 e. The van der Waals surface area contributed by atoms with Crippen LogP contribution in [0.2, 0.25) is 5.02 Å². The van der Waals surface area contributed by atoms with Crippen LogP contribution in [-0.2, 0) is 10.0 Å². The van der Waals surface area contributed by atoms with Crippen LogP contribution in [0.15, 0.2) is 47.4 Å². The van der Waals surface area contributed by atoms with Crippen LogP contribution in [0.4, 0.5) is 4.39 Å². The summed E-state index contributed by atoms with van der Waals surface area (Å²) in [5, 5.41) is 0.391. The first kappa shape index (κ1) is 19.8. The molecule has 2 aromatic rings. The van der Waals surface area contributed by atoms with Gasteiger partial charge < -0.3 is 4.90 Å². The molecule has 144 valence electrons. The molecule has 0 radical (unpaired) electrons. The molecule has 1 saturated heterocycles. The summed E-state index contributed by atoms with van der Waals surface area (Å²) in [6.45, 7) is 2.81. The first-order valence-corrected chi connectivity index (χ1v) is 10.4. The van der Waals surface area contributed by atoms with Crippen LogP contribution in [0, 0.1) is 12.7 Å². The average Bonchev–Trinajstić information content (AvgIpc) is 2.90. The average molecular weight is 411 g/mol. The van der Waals surface area contributed by atoms with Crippen molar-refractivity contribution in [2.75, 3.05) is 26.2 Å². The van der Waals surface area contributed by atoms with Crippen molar-refractivity contribution in [2.24, 2.45) is 0 Å². The van der Waals surface area contributed by atoms with Gasteiger partial charge in [0, 0.05) is 31.2 Å². The summed E-state index contributed by atoms with van der Waals surface area (Å²) in [5.41, 5.74) is 0.798. The fourth-order valence-electron chi connectivity index (χ4n) is 3.03. The highest BCUT2D eigenvalue weighted by Gasteiger charge is 2.29. The zero-order valence-electron chi connectivity index (χ0n) is 14.9. The number of carbonyl (C=O) groups excluding carboxylic acids is 1. The van der Waals surface area contributed by atoms with Gasteiger partial charge in [0.05, 0.1) is 10.5 Å². The van der Waals surface area contributed by atoms with E-state index in [1.807, 2.05) is 0 Å². The Morgan fingerprint density at radius 3 is 2.52 bits per heavy atom. The number of rotatable bonds is 3. The molecule has 0 unspecified atom stereocenters. The molecular weight excluding hydrogens is 391 g/mol. The molecule has 0 atom stereocenters. The molecule has 0 aromatic heterocycles. The normalized spacial score (nSPS) is 16.2. The van der Waals surface area contributed by atoms with Gasteiger partial charge in [0.15, 0.2) is 0 Å². The number of amides is 1. The quantitative estimate of drug-likeness (QED) is 0.779. The Hall–Kier alpha value is -1.96. The zero-order chi connectivity index (χ0) is 19.6. The van der Waals surface area contributed by atoms with Crippen molar-refractivity contribution in [3.05, 3.63) is 64.4 Å². The first-order chi connectivity index (χ1) is 12.8. The minimum absolute atomic E-state index is 0.000812. The van der Waals surface area contributed by atoms with E-state index in [1.54, 1.807) is 19.1 Å². The molecule has 0 spiro atoms. The van der Waals surface area contributed by atoms with Crippen LogP contribution in [0.3, 0.4) is 0 Å². The Morgan fingerprint density at radius 1 is 1.07 bits per heavy atom. The van der Waals surface area contributed by atoms with E-state index in [9.17, 15) is 17.6 Å². The van der Waals surface area contributed by atoms with Gasteiger partial charge in [0.2, 0.25) is 10.0 Å². The molecule has 2 aromatic carbocycles. The van der Waals surface area contributed by atoms with E-state index in [1.165, 1.54) is 39.5 Å². The highest BCUT2D eigenvalue weighted by atomic mass is 35.5. The summed E-state index contributed by atoms with van der Waals surface area (Å²) in [4.78, 5) is 14.2. The van der Waals surface area contributed by atoms with Gasteiger partial charge in [-0.05, 0) is 43.2 Å². The third kappa shape index (κ3) is 4.15. The lowest BCUT2D eigenvalue weighted by atomic mass is 10.2. The van der Waals surface area contributed by atoms with E-state index in [4.69, 9.17) is 11.6 Å². The second-order valence-electron chi connectivity index (χ2n) is 6.44. The van der Waals surface area contributed by atoms with E-state index < -0.39 is 21.7 Å². The number of hydrogen-bond donors (Lipinski definition) is 0. The monoisotopic (exact) mass is 410 g/mol. The maximum atomic E-state index is 13.9. The van der Waals surface area contributed by atoms with Gasteiger partial charge in [-0.1, -0.05) is 29.8 Å². The van der Waals surface area contributed by atoms with E-state index in [2.05, 4.69) is 0 Å². The maximum Gasteiger partial charge on any atom is 0.256 e. The number of sulfonamides is 1. The standard InChI is InChI=1S/C19H20ClFN2O3S/c1-14-7-8-15(13-17(14)20)27(25,26)23-10-4-9-22(11-12-23)19(24)16-5-2-3-6-18(16)21/h2-3,5-8,13H,4,9-12H2,1H3. The summed E-state index contributed by atoms with van der Waals surface area (Å²) in [6.07, 6.45) is 0.471. The number of benzene rings is 2. The molecular formula is C19H20ClFN2O3S.